The zero-order valence-electron chi connectivity index (χ0n) is 12.2. The summed E-state index contributed by atoms with van der Waals surface area (Å²) in [6, 6.07) is 1.85. The zero-order valence-corrected chi connectivity index (χ0v) is 12.2. The van der Waals surface area contributed by atoms with Crippen LogP contribution in [0.3, 0.4) is 0 Å². The Labute approximate surface area is 118 Å². The topological polar surface area (TPSA) is 108 Å². The largest absolute Gasteiger partial charge is 0.337 e. The molecule has 0 aromatic carbocycles. The van der Waals surface area contributed by atoms with E-state index < -0.39 is 0 Å². The number of aromatic nitrogens is 2. The lowest BCUT2D eigenvalue weighted by Gasteiger charge is -2.23. The summed E-state index contributed by atoms with van der Waals surface area (Å²) in [5, 5.41) is 8.71. The van der Waals surface area contributed by atoms with Crippen LogP contribution in [0.25, 0.3) is 0 Å². The summed E-state index contributed by atoms with van der Waals surface area (Å²) in [6.45, 7) is 5.70. The molecular weight excluding hydrogens is 256 g/mol. The standard InChI is InChI=1S/C13H20N6O/c1-8(2)12-16-7-10(18-15)11(17-12)13(20)19(4)9(3)5-6-14/h7-9,18H,5,15H2,1-4H3. The molecule has 1 aromatic rings. The maximum absolute atomic E-state index is 12.4. The Morgan fingerprint density at radius 2 is 2.20 bits per heavy atom. The minimum atomic E-state index is -0.287. The first-order chi connectivity index (χ1) is 9.42. The molecular formula is C13H20N6O. The van der Waals surface area contributed by atoms with Gasteiger partial charge in [0.15, 0.2) is 5.69 Å². The lowest BCUT2D eigenvalue weighted by Crippen LogP contribution is -2.36. The molecule has 1 amide bonds. The van der Waals surface area contributed by atoms with Crippen LogP contribution in [0.5, 0.6) is 0 Å². The van der Waals surface area contributed by atoms with Gasteiger partial charge in [-0.1, -0.05) is 13.8 Å². The lowest BCUT2D eigenvalue weighted by atomic mass is 10.1. The Morgan fingerprint density at radius 1 is 1.55 bits per heavy atom. The number of hydrogen-bond donors (Lipinski definition) is 2. The second-order valence-electron chi connectivity index (χ2n) is 4.92. The lowest BCUT2D eigenvalue weighted by molar-refractivity contribution is 0.0740. The van der Waals surface area contributed by atoms with E-state index in [2.05, 4.69) is 15.4 Å². The van der Waals surface area contributed by atoms with Gasteiger partial charge in [0.1, 0.15) is 5.82 Å². The predicted octanol–water partition coefficient (Wildman–Crippen LogP) is 1.26. The molecule has 0 saturated heterocycles. The Kier molecular flexibility index (Phi) is 5.41. The van der Waals surface area contributed by atoms with E-state index in [1.165, 1.54) is 11.1 Å². The van der Waals surface area contributed by atoms with Gasteiger partial charge in [0.05, 0.1) is 24.4 Å². The fourth-order valence-electron chi connectivity index (χ4n) is 1.58. The van der Waals surface area contributed by atoms with Crippen molar-refractivity contribution < 1.29 is 4.79 Å². The number of rotatable bonds is 5. The number of nitrogens with zero attached hydrogens (tertiary/aromatic N) is 4. The van der Waals surface area contributed by atoms with E-state index in [-0.39, 0.29) is 30.0 Å². The van der Waals surface area contributed by atoms with Gasteiger partial charge in [0.2, 0.25) is 0 Å². The Hall–Kier alpha value is -2.20. The first-order valence-electron chi connectivity index (χ1n) is 6.40. The molecule has 1 aromatic heterocycles. The van der Waals surface area contributed by atoms with Crippen molar-refractivity contribution in [3.63, 3.8) is 0 Å². The average molecular weight is 276 g/mol. The number of nitrogens with two attached hydrogens (primary N) is 1. The molecule has 1 heterocycles. The summed E-state index contributed by atoms with van der Waals surface area (Å²) in [5.74, 6) is 5.79. The van der Waals surface area contributed by atoms with Crippen molar-refractivity contribution in [2.75, 3.05) is 12.5 Å². The number of anilines is 1. The quantitative estimate of drug-likeness (QED) is 0.619. The van der Waals surface area contributed by atoms with Crippen LogP contribution in [0.2, 0.25) is 0 Å². The van der Waals surface area contributed by atoms with E-state index in [9.17, 15) is 4.79 Å². The summed E-state index contributed by atoms with van der Waals surface area (Å²) in [4.78, 5) is 22.4. The summed E-state index contributed by atoms with van der Waals surface area (Å²) in [7, 11) is 1.64. The molecule has 0 bridgehead atoms. The van der Waals surface area contributed by atoms with Crippen LogP contribution in [0.15, 0.2) is 6.20 Å². The summed E-state index contributed by atoms with van der Waals surface area (Å²) in [5.41, 5.74) is 3.02. The Morgan fingerprint density at radius 3 is 2.70 bits per heavy atom. The van der Waals surface area contributed by atoms with Crippen LogP contribution in [-0.4, -0.2) is 33.9 Å². The Bertz CT molecular complexity index is 522. The normalized spacial score (nSPS) is 11.8. The monoisotopic (exact) mass is 276 g/mol. The molecule has 0 aliphatic heterocycles. The van der Waals surface area contributed by atoms with E-state index in [0.717, 1.165) is 0 Å². The van der Waals surface area contributed by atoms with Crippen LogP contribution in [0.1, 0.15) is 49.4 Å². The van der Waals surface area contributed by atoms with Gasteiger partial charge in [0.25, 0.3) is 5.91 Å². The van der Waals surface area contributed by atoms with Crippen molar-refractivity contribution in [2.45, 2.75) is 39.2 Å². The molecule has 0 aliphatic carbocycles. The first-order valence-corrected chi connectivity index (χ1v) is 6.40. The van der Waals surface area contributed by atoms with Crippen molar-refractivity contribution in [3.8, 4) is 6.07 Å². The average Bonchev–Trinajstić information content (AvgIpc) is 2.45. The van der Waals surface area contributed by atoms with Gasteiger partial charge < -0.3 is 10.3 Å². The van der Waals surface area contributed by atoms with Crippen molar-refractivity contribution in [1.82, 2.24) is 14.9 Å². The maximum atomic E-state index is 12.4. The number of carbonyl (C=O) groups excluding carboxylic acids is 1. The van der Waals surface area contributed by atoms with Crippen LogP contribution in [0, 0.1) is 11.3 Å². The van der Waals surface area contributed by atoms with Gasteiger partial charge in [-0.25, -0.2) is 9.97 Å². The number of nitriles is 1. The van der Waals surface area contributed by atoms with Gasteiger partial charge in [-0.2, -0.15) is 5.26 Å². The number of nitrogen functional groups attached to an aromatic ring is 1. The minimum Gasteiger partial charge on any atom is -0.337 e. The highest BCUT2D eigenvalue weighted by molar-refractivity contribution is 5.97. The summed E-state index contributed by atoms with van der Waals surface area (Å²) >= 11 is 0. The van der Waals surface area contributed by atoms with Gasteiger partial charge >= 0.3 is 0 Å². The number of hydrogen-bond acceptors (Lipinski definition) is 6. The molecule has 108 valence electrons. The molecule has 7 nitrogen and oxygen atoms in total. The molecule has 1 atom stereocenters. The zero-order chi connectivity index (χ0) is 15.3. The summed E-state index contributed by atoms with van der Waals surface area (Å²) in [6.07, 6.45) is 1.76. The highest BCUT2D eigenvalue weighted by atomic mass is 16.2. The van der Waals surface area contributed by atoms with Crippen molar-refractivity contribution in [3.05, 3.63) is 17.7 Å². The van der Waals surface area contributed by atoms with E-state index in [1.807, 2.05) is 19.9 Å². The van der Waals surface area contributed by atoms with Crippen LogP contribution in [-0.2, 0) is 0 Å². The highest BCUT2D eigenvalue weighted by Crippen LogP contribution is 2.18. The number of hydrazine groups is 1. The predicted molar refractivity (Wildman–Crippen MR) is 75.7 cm³/mol. The molecule has 1 unspecified atom stereocenters. The molecule has 3 N–H and O–H groups in total. The first kappa shape index (κ1) is 15.9. The third-order valence-electron chi connectivity index (χ3n) is 3.05. The summed E-state index contributed by atoms with van der Waals surface area (Å²) < 4.78 is 0. The van der Waals surface area contributed by atoms with Crippen LogP contribution >= 0.6 is 0 Å². The fraction of sp³-hybridized carbons (Fsp3) is 0.538. The maximum Gasteiger partial charge on any atom is 0.274 e. The van der Waals surface area contributed by atoms with Crippen molar-refractivity contribution in [2.24, 2.45) is 5.84 Å². The highest BCUT2D eigenvalue weighted by Gasteiger charge is 2.22. The Balaban J connectivity index is 3.13. The van der Waals surface area contributed by atoms with E-state index in [4.69, 9.17) is 11.1 Å². The number of carbonyl (C=O) groups is 1. The SMILES string of the molecule is CC(C)c1ncc(NN)c(C(=O)N(C)C(C)CC#N)n1. The van der Waals surface area contributed by atoms with Crippen molar-refractivity contribution in [1.29, 1.82) is 5.26 Å². The van der Waals surface area contributed by atoms with Gasteiger partial charge in [0, 0.05) is 19.0 Å². The van der Waals surface area contributed by atoms with Gasteiger partial charge in [-0.05, 0) is 6.92 Å². The fourth-order valence-corrected chi connectivity index (χ4v) is 1.58. The molecule has 0 spiro atoms. The van der Waals surface area contributed by atoms with E-state index in [0.29, 0.717) is 11.5 Å². The van der Waals surface area contributed by atoms with E-state index >= 15 is 0 Å². The van der Waals surface area contributed by atoms with Crippen LogP contribution < -0.4 is 11.3 Å². The third kappa shape index (κ3) is 3.42. The second-order valence-corrected chi connectivity index (χ2v) is 4.92. The van der Waals surface area contributed by atoms with E-state index in [1.54, 1.807) is 14.0 Å². The molecule has 7 heteroatoms. The van der Waals surface area contributed by atoms with Gasteiger partial charge in [-0.3, -0.25) is 10.6 Å². The molecule has 0 fully saturated rings. The van der Waals surface area contributed by atoms with Crippen LogP contribution in [0.4, 0.5) is 5.69 Å². The minimum absolute atomic E-state index is 0.107. The number of nitrogens with one attached hydrogen (secondary N) is 1. The molecule has 0 saturated carbocycles. The molecule has 0 radical (unpaired) electrons. The molecule has 20 heavy (non-hydrogen) atoms. The smallest absolute Gasteiger partial charge is 0.274 e. The molecule has 1 rings (SSSR count). The second kappa shape index (κ2) is 6.82. The van der Waals surface area contributed by atoms with Gasteiger partial charge in [-0.15, -0.1) is 0 Å². The molecule has 0 aliphatic rings. The third-order valence-corrected chi connectivity index (χ3v) is 3.05. The number of amides is 1. The van der Waals surface area contributed by atoms with Crippen molar-refractivity contribution >= 4 is 11.6 Å².